The Labute approximate surface area is 81.5 Å². The van der Waals surface area contributed by atoms with Gasteiger partial charge in [-0.25, -0.2) is 0 Å². The standard InChI is InChI=1S/C9H12N.Sn.H/c1-8-4-6-9(7-5-8)10(2)3;;/h4-7H,1H2,2-3H3;;. The number of hydrogen-bond donors (Lipinski definition) is 0. The van der Waals surface area contributed by atoms with E-state index in [1.165, 1.54) is 38.2 Å². The summed E-state index contributed by atoms with van der Waals surface area (Å²) in [7, 11) is 4.13. The van der Waals surface area contributed by atoms with Crippen molar-refractivity contribution in [1.29, 1.82) is 0 Å². The van der Waals surface area contributed by atoms with Gasteiger partial charge in [-0.3, -0.25) is 0 Å². The van der Waals surface area contributed by atoms with Crippen LogP contribution in [0.4, 0.5) is 5.69 Å². The average molecular weight is 254 g/mol. The van der Waals surface area contributed by atoms with Gasteiger partial charge in [0.05, 0.1) is 0 Å². The molecule has 2 heteroatoms. The molecule has 1 rings (SSSR count). The van der Waals surface area contributed by atoms with Crippen LogP contribution in [0, 0.1) is 0 Å². The van der Waals surface area contributed by atoms with Crippen molar-refractivity contribution < 1.29 is 0 Å². The van der Waals surface area contributed by atoms with E-state index in [4.69, 9.17) is 0 Å². The topological polar surface area (TPSA) is 3.24 Å². The molecule has 0 atom stereocenters. The minimum atomic E-state index is 1.25. The van der Waals surface area contributed by atoms with Crippen molar-refractivity contribution in [3.05, 3.63) is 29.8 Å². The average Bonchev–Trinajstić information content (AvgIpc) is 2.05. The van der Waals surface area contributed by atoms with Gasteiger partial charge < -0.3 is 0 Å². The summed E-state index contributed by atoms with van der Waals surface area (Å²) < 4.78 is 1.25. The number of rotatable bonds is 2. The molecular weight excluding hydrogens is 241 g/mol. The van der Waals surface area contributed by atoms with Crippen LogP contribution in [0.5, 0.6) is 0 Å². The van der Waals surface area contributed by atoms with Gasteiger partial charge in [0.2, 0.25) is 0 Å². The molecule has 0 spiro atoms. The summed E-state index contributed by atoms with van der Waals surface area (Å²) in [6, 6.07) is 8.76. The zero-order valence-corrected chi connectivity index (χ0v) is 10.3. The quantitative estimate of drug-likeness (QED) is 0.715. The second-order valence-corrected chi connectivity index (χ2v) is 3.93. The summed E-state index contributed by atoms with van der Waals surface area (Å²) in [6.45, 7) is 0. The normalized spacial score (nSPS) is 9.73. The number of anilines is 1. The molecule has 0 fully saturated rings. The molecule has 58 valence electrons. The van der Waals surface area contributed by atoms with Gasteiger partial charge in [0.15, 0.2) is 0 Å². The molecule has 0 N–H and O–H groups in total. The molecule has 1 nitrogen and oxygen atoms in total. The zero-order valence-electron chi connectivity index (χ0n) is 7.04. The third-order valence-electron chi connectivity index (χ3n) is 1.69. The summed E-state index contributed by atoms with van der Waals surface area (Å²) >= 11 is 1.32. The molecule has 0 aliphatic heterocycles. The van der Waals surface area contributed by atoms with Crippen LogP contribution in [0.1, 0.15) is 5.56 Å². The van der Waals surface area contributed by atoms with Crippen molar-refractivity contribution in [2.45, 2.75) is 4.44 Å². The fourth-order valence-corrected chi connectivity index (χ4v) is 1.71. The minimum absolute atomic E-state index is 1.25. The molecule has 1 aromatic rings. The molecule has 0 bridgehead atoms. The van der Waals surface area contributed by atoms with E-state index in [9.17, 15) is 0 Å². The third kappa shape index (κ3) is 2.40. The first-order chi connectivity index (χ1) is 5.24. The van der Waals surface area contributed by atoms with Gasteiger partial charge in [-0.1, -0.05) is 0 Å². The Morgan fingerprint density at radius 1 is 1.18 bits per heavy atom. The van der Waals surface area contributed by atoms with Crippen LogP contribution in [0.3, 0.4) is 0 Å². The van der Waals surface area contributed by atoms with Crippen LogP contribution in [0.25, 0.3) is 0 Å². The van der Waals surface area contributed by atoms with Gasteiger partial charge in [0.25, 0.3) is 0 Å². The fourth-order valence-electron chi connectivity index (χ4n) is 0.930. The van der Waals surface area contributed by atoms with E-state index < -0.39 is 0 Å². The predicted molar refractivity (Wildman–Crippen MR) is 51.6 cm³/mol. The van der Waals surface area contributed by atoms with Crippen LogP contribution in [-0.2, 0) is 4.44 Å². The maximum atomic E-state index is 2.21. The van der Waals surface area contributed by atoms with Crippen molar-refractivity contribution in [2.24, 2.45) is 0 Å². The first kappa shape index (κ1) is 8.91. The number of benzene rings is 1. The van der Waals surface area contributed by atoms with Gasteiger partial charge in [0.1, 0.15) is 0 Å². The predicted octanol–water partition coefficient (Wildman–Crippen LogP) is 1.15. The Balaban J connectivity index is 2.83. The summed E-state index contributed by atoms with van der Waals surface area (Å²) in [5.41, 5.74) is 2.74. The number of hydrogen-bond acceptors (Lipinski definition) is 1. The Hall–Kier alpha value is -0.181. The molecule has 11 heavy (non-hydrogen) atoms. The molecule has 0 unspecified atom stereocenters. The summed E-state index contributed by atoms with van der Waals surface area (Å²) in [4.78, 5) is 2.12. The molecule has 0 aromatic heterocycles. The Morgan fingerprint density at radius 3 is 2.09 bits per heavy atom. The second-order valence-electron chi connectivity index (χ2n) is 2.76. The molecule has 0 aliphatic carbocycles. The Bertz CT molecular complexity index is 216. The molecule has 0 amide bonds. The van der Waals surface area contributed by atoms with Gasteiger partial charge in [0, 0.05) is 0 Å². The number of nitrogens with zero attached hydrogens (tertiary/aromatic N) is 1. The van der Waals surface area contributed by atoms with Gasteiger partial charge in [-0.05, 0) is 0 Å². The van der Waals surface area contributed by atoms with Crippen molar-refractivity contribution in [3.63, 3.8) is 0 Å². The molecule has 1 aromatic carbocycles. The summed E-state index contributed by atoms with van der Waals surface area (Å²) in [6.07, 6.45) is 0. The van der Waals surface area contributed by atoms with Crippen LogP contribution in [-0.4, -0.2) is 36.6 Å². The Morgan fingerprint density at radius 2 is 1.73 bits per heavy atom. The van der Waals surface area contributed by atoms with E-state index in [2.05, 4.69) is 43.3 Å². The van der Waals surface area contributed by atoms with Gasteiger partial charge in [-0.15, -0.1) is 0 Å². The summed E-state index contributed by atoms with van der Waals surface area (Å²) in [5.74, 6) is 0. The molecule has 0 saturated heterocycles. The Kier molecular flexibility index (Phi) is 3.24. The van der Waals surface area contributed by atoms with Crippen molar-refractivity contribution in [2.75, 3.05) is 19.0 Å². The second kappa shape index (κ2) is 4.00. The first-order valence-electron chi connectivity index (χ1n) is 3.70. The third-order valence-corrected chi connectivity index (χ3v) is 3.03. The van der Waals surface area contributed by atoms with Crippen molar-refractivity contribution >= 4 is 28.2 Å². The van der Waals surface area contributed by atoms with E-state index in [1.54, 1.807) is 0 Å². The van der Waals surface area contributed by atoms with Crippen LogP contribution in [0.2, 0.25) is 0 Å². The molecule has 0 heterocycles. The van der Waals surface area contributed by atoms with Crippen LogP contribution >= 0.6 is 0 Å². The van der Waals surface area contributed by atoms with E-state index in [0.29, 0.717) is 0 Å². The van der Waals surface area contributed by atoms with Crippen molar-refractivity contribution in [1.82, 2.24) is 0 Å². The molecule has 2 radical (unpaired) electrons. The van der Waals surface area contributed by atoms with E-state index >= 15 is 0 Å². The molecular formula is C9H13NSn. The van der Waals surface area contributed by atoms with E-state index in [-0.39, 0.29) is 0 Å². The molecule has 0 aliphatic rings. The SMILES string of the molecule is CN(C)c1ccc([CH2][SnH])cc1. The first-order valence-corrected chi connectivity index (χ1v) is 6.03. The van der Waals surface area contributed by atoms with E-state index in [1.807, 2.05) is 0 Å². The van der Waals surface area contributed by atoms with Crippen LogP contribution < -0.4 is 4.90 Å². The zero-order chi connectivity index (χ0) is 8.27. The van der Waals surface area contributed by atoms with E-state index in [0.717, 1.165) is 0 Å². The summed E-state index contributed by atoms with van der Waals surface area (Å²) in [5, 5.41) is 0. The van der Waals surface area contributed by atoms with Gasteiger partial charge in [-0.2, -0.15) is 0 Å². The fraction of sp³-hybridized carbons (Fsp3) is 0.333. The molecule has 0 saturated carbocycles. The maximum absolute atomic E-state index is 2.21. The van der Waals surface area contributed by atoms with Crippen molar-refractivity contribution in [3.8, 4) is 0 Å². The van der Waals surface area contributed by atoms with Crippen LogP contribution in [0.15, 0.2) is 24.3 Å². The van der Waals surface area contributed by atoms with Gasteiger partial charge >= 0.3 is 81.5 Å². The monoisotopic (exact) mass is 255 g/mol.